The summed E-state index contributed by atoms with van der Waals surface area (Å²) in [5, 5.41) is 4.01. The van der Waals surface area contributed by atoms with Crippen LogP contribution in [0.3, 0.4) is 0 Å². The van der Waals surface area contributed by atoms with Crippen LogP contribution in [-0.4, -0.2) is 23.9 Å². The number of carbonyl (C=O) groups is 1. The fourth-order valence-corrected chi connectivity index (χ4v) is 3.68. The highest BCUT2D eigenvalue weighted by molar-refractivity contribution is 7.13. The summed E-state index contributed by atoms with van der Waals surface area (Å²) in [7, 11) is 0. The zero-order chi connectivity index (χ0) is 11.0. The summed E-state index contributed by atoms with van der Waals surface area (Å²) >= 11 is 1.64. The number of Topliss-reactive ketones (excluding diaryl/α,β-unsaturated/α-hetero) is 1. The Morgan fingerprint density at radius 2 is 2.25 bits per heavy atom. The van der Waals surface area contributed by atoms with Crippen molar-refractivity contribution in [2.75, 3.05) is 13.1 Å². The van der Waals surface area contributed by atoms with Gasteiger partial charge in [-0.15, -0.1) is 11.3 Å². The Morgan fingerprint density at radius 3 is 3.00 bits per heavy atom. The predicted octanol–water partition coefficient (Wildman–Crippen LogP) is 1.81. The van der Waals surface area contributed by atoms with E-state index in [4.69, 9.17) is 0 Å². The fraction of sp³-hybridized carbons (Fsp3) is 0.667. The molecule has 1 atom stereocenters. The Hall–Kier alpha value is -0.740. The second-order valence-corrected chi connectivity index (χ2v) is 5.73. The predicted molar refractivity (Wildman–Crippen MR) is 64.1 cm³/mol. The van der Waals surface area contributed by atoms with E-state index in [1.807, 2.05) is 0 Å². The Morgan fingerprint density at radius 1 is 1.38 bits per heavy atom. The molecule has 86 valence electrons. The van der Waals surface area contributed by atoms with E-state index in [1.165, 1.54) is 23.4 Å². The van der Waals surface area contributed by atoms with Crippen LogP contribution in [0.4, 0.5) is 0 Å². The van der Waals surface area contributed by atoms with Gasteiger partial charge in [0.1, 0.15) is 0 Å². The third-order valence-corrected chi connectivity index (χ3v) is 4.66. The highest BCUT2D eigenvalue weighted by Gasteiger charge is 2.27. The lowest BCUT2D eigenvalue weighted by atomic mass is 10.0. The zero-order valence-electron chi connectivity index (χ0n) is 9.29. The van der Waals surface area contributed by atoms with Crippen LogP contribution in [0, 0.1) is 5.92 Å². The van der Waals surface area contributed by atoms with Gasteiger partial charge in [0.15, 0.2) is 10.8 Å². The monoisotopic (exact) mass is 236 g/mol. The maximum atomic E-state index is 12.2. The second-order valence-electron chi connectivity index (χ2n) is 4.65. The minimum Gasteiger partial charge on any atom is -0.316 e. The zero-order valence-corrected chi connectivity index (χ0v) is 10.1. The Balaban J connectivity index is 1.83. The molecule has 0 spiro atoms. The Kier molecular flexibility index (Phi) is 2.77. The quantitative estimate of drug-likeness (QED) is 0.796. The average molecular weight is 236 g/mol. The average Bonchev–Trinajstić information content (AvgIpc) is 2.97. The highest BCUT2D eigenvalue weighted by Crippen LogP contribution is 2.28. The van der Waals surface area contributed by atoms with Crippen LogP contribution in [0.25, 0.3) is 0 Å². The third-order valence-electron chi connectivity index (χ3n) is 3.49. The van der Waals surface area contributed by atoms with Crippen LogP contribution >= 0.6 is 11.3 Å². The van der Waals surface area contributed by atoms with Crippen molar-refractivity contribution >= 4 is 17.1 Å². The lowest BCUT2D eigenvalue weighted by molar-refractivity contribution is 0.0930. The van der Waals surface area contributed by atoms with Gasteiger partial charge in [-0.25, -0.2) is 4.98 Å². The molecule has 1 aromatic heterocycles. The molecule has 16 heavy (non-hydrogen) atoms. The summed E-state index contributed by atoms with van der Waals surface area (Å²) in [6, 6.07) is 0. The van der Waals surface area contributed by atoms with Crippen molar-refractivity contribution in [2.24, 2.45) is 5.92 Å². The lowest BCUT2D eigenvalue weighted by Crippen LogP contribution is -2.17. The summed E-state index contributed by atoms with van der Waals surface area (Å²) in [6.07, 6.45) is 5.66. The molecule has 0 aromatic carbocycles. The normalized spacial score (nSPS) is 24.4. The maximum absolute atomic E-state index is 12.2. The number of fused-ring (bicyclic) bond motifs is 1. The molecule has 3 rings (SSSR count). The minimum absolute atomic E-state index is 0.174. The topological polar surface area (TPSA) is 42.0 Å². The van der Waals surface area contributed by atoms with Crippen molar-refractivity contribution in [3.05, 3.63) is 15.6 Å². The van der Waals surface area contributed by atoms with Gasteiger partial charge in [-0.05, 0) is 38.6 Å². The number of thiazole rings is 1. The molecular formula is C12H16N2OS. The summed E-state index contributed by atoms with van der Waals surface area (Å²) in [4.78, 5) is 18.1. The van der Waals surface area contributed by atoms with E-state index < -0.39 is 0 Å². The number of ketones is 1. The Labute approximate surface area is 99.3 Å². The first-order valence-corrected chi connectivity index (χ1v) is 6.90. The summed E-state index contributed by atoms with van der Waals surface area (Å²) in [5.41, 5.74) is 1.20. The van der Waals surface area contributed by atoms with Gasteiger partial charge in [0.25, 0.3) is 0 Å². The largest absolute Gasteiger partial charge is 0.316 e. The van der Waals surface area contributed by atoms with Crippen molar-refractivity contribution < 1.29 is 4.79 Å². The van der Waals surface area contributed by atoms with E-state index in [-0.39, 0.29) is 11.7 Å². The number of carbonyl (C=O) groups excluding carboxylic acids is 1. The second kappa shape index (κ2) is 4.26. The number of aromatic nitrogens is 1. The van der Waals surface area contributed by atoms with Gasteiger partial charge >= 0.3 is 0 Å². The maximum Gasteiger partial charge on any atom is 0.195 e. The van der Waals surface area contributed by atoms with Crippen molar-refractivity contribution in [3.8, 4) is 0 Å². The van der Waals surface area contributed by atoms with E-state index >= 15 is 0 Å². The highest BCUT2D eigenvalue weighted by atomic mass is 32.1. The van der Waals surface area contributed by atoms with Gasteiger partial charge in [0, 0.05) is 17.3 Å². The number of nitrogens with zero attached hydrogens (tertiary/aromatic N) is 1. The number of hydrogen-bond acceptors (Lipinski definition) is 4. The smallest absolute Gasteiger partial charge is 0.195 e. The molecule has 3 nitrogen and oxygen atoms in total. The van der Waals surface area contributed by atoms with Crippen molar-refractivity contribution in [1.29, 1.82) is 0 Å². The fourth-order valence-electron chi connectivity index (χ4n) is 2.51. The molecule has 0 radical (unpaired) electrons. The SMILES string of the molecule is O=C(c1nc2c(s1)CCCC2)C1CCNC1. The van der Waals surface area contributed by atoms with E-state index in [9.17, 15) is 4.79 Å². The van der Waals surface area contributed by atoms with Gasteiger partial charge in [0.2, 0.25) is 0 Å². The van der Waals surface area contributed by atoms with Gasteiger partial charge < -0.3 is 5.32 Å². The van der Waals surface area contributed by atoms with E-state index in [1.54, 1.807) is 11.3 Å². The van der Waals surface area contributed by atoms with Gasteiger partial charge in [-0.3, -0.25) is 4.79 Å². The van der Waals surface area contributed by atoms with E-state index in [2.05, 4.69) is 10.3 Å². The van der Waals surface area contributed by atoms with Crippen LogP contribution in [-0.2, 0) is 12.8 Å². The summed E-state index contributed by atoms with van der Waals surface area (Å²) < 4.78 is 0. The first kappa shape index (κ1) is 10.4. The first-order valence-electron chi connectivity index (χ1n) is 6.08. The van der Waals surface area contributed by atoms with Gasteiger partial charge in [0.05, 0.1) is 5.69 Å². The molecule has 1 N–H and O–H groups in total. The lowest BCUT2D eigenvalue weighted by Gasteiger charge is -2.06. The Bertz CT molecular complexity index is 384. The van der Waals surface area contributed by atoms with E-state index in [0.29, 0.717) is 0 Å². The molecular weight excluding hydrogens is 220 g/mol. The molecule has 1 aliphatic carbocycles. The molecule has 0 saturated carbocycles. The third kappa shape index (κ3) is 1.80. The molecule has 4 heteroatoms. The van der Waals surface area contributed by atoms with Crippen molar-refractivity contribution in [1.82, 2.24) is 10.3 Å². The van der Waals surface area contributed by atoms with E-state index in [0.717, 1.165) is 37.4 Å². The number of nitrogens with one attached hydrogen (secondary N) is 1. The van der Waals surface area contributed by atoms with Crippen molar-refractivity contribution in [3.63, 3.8) is 0 Å². The molecule has 0 amide bonds. The molecule has 2 aliphatic rings. The van der Waals surface area contributed by atoms with Crippen LogP contribution < -0.4 is 5.32 Å². The first-order chi connectivity index (χ1) is 7.84. The molecule has 1 fully saturated rings. The molecule has 1 saturated heterocycles. The van der Waals surface area contributed by atoms with Gasteiger partial charge in [-0.2, -0.15) is 0 Å². The van der Waals surface area contributed by atoms with Crippen LogP contribution in [0.1, 0.15) is 39.6 Å². The molecule has 0 bridgehead atoms. The molecule has 2 heterocycles. The van der Waals surface area contributed by atoms with Crippen molar-refractivity contribution in [2.45, 2.75) is 32.1 Å². The molecule has 1 aliphatic heterocycles. The standard InChI is InChI=1S/C12H16N2OS/c15-11(8-5-6-13-7-8)12-14-9-3-1-2-4-10(9)16-12/h8,13H,1-7H2. The van der Waals surface area contributed by atoms with Crippen LogP contribution in [0.15, 0.2) is 0 Å². The summed E-state index contributed by atoms with van der Waals surface area (Å²) in [5.74, 6) is 0.442. The molecule has 1 aromatic rings. The number of aryl methyl sites for hydroxylation is 2. The summed E-state index contributed by atoms with van der Waals surface area (Å²) in [6.45, 7) is 1.81. The molecule has 1 unspecified atom stereocenters. The minimum atomic E-state index is 0.174. The van der Waals surface area contributed by atoms with Crippen LogP contribution in [0.5, 0.6) is 0 Å². The van der Waals surface area contributed by atoms with Crippen LogP contribution in [0.2, 0.25) is 0 Å². The van der Waals surface area contributed by atoms with Gasteiger partial charge in [-0.1, -0.05) is 0 Å². The number of hydrogen-bond donors (Lipinski definition) is 1. The number of rotatable bonds is 2.